The summed E-state index contributed by atoms with van der Waals surface area (Å²) in [5.74, 6) is -0.109. The maximum atomic E-state index is 13.6. The third kappa shape index (κ3) is 3.69. The van der Waals surface area contributed by atoms with E-state index in [2.05, 4.69) is 4.98 Å². The third-order valence-corrected chi connectivity index (χ3v) is 3.95. The topological polar surface area (TPSA) is 66.2 Å². The van der Waals surface area contributed by atoms with Gasteiger partial charge < -0.3 is 9.64 Å². The van der Waals surface area contributed by atoms with Crippen molar-refractivity contribution in [2.45, 2.75) is 18.9 Å². The van der Waals surface area contributed by atoms with Crippen LogP contribution in [-0.2, 0) is 11.2 Å². The van der Waals surface area contributed by atoms with Gasteiger partial charge in [-0.3, -0.25) is 4.79 Å². The molecule has 0 bridgehead atoms. The SMILES string of the molecule is N#Cc1ccnc(OC2CCN(C(=O)Cc3ccccc3F)C2)c1. The lowest BCUT2D eigenvalue weighted by atomic mass is 10.1. The standard InChI is InChI=1S/C18H16FN3O2/c19-16-4-2-1-3-14(16)10-18(23)22-8-6-15(12-22)24-17-9-13(11-20)5-7-21-17/h1-5,7,9,15H,6,8,10,12H2. The van der Waals surface area contributed by atoms with E-state index in [1.165, 1.54) is 12.3 Å². The first kappa shape index (κ1) is 15.9. The number of carbonyl (C=O) groups excluding carboxylic acids is 1. The van der Waals surface area contributed by atoms with Crippen molar-refractivity contribution in [3.05, 3.63) is 59.5 Å². The van der Waals surface area contributed by atoms with Gasteiger partial charge in [0.1, 0.15) is 11.9 Å². The highest BCUT2D eigenvalue weighted by Crippen LogP contribution is 2.18. The number of pyridine rings is 1. The summed E-state index contributed by atoms with van der Waals surface area (Å²) in [6, 6.07) is 11.5. The fraction of sp³-hybridized carbons (Fsp3) is 0.278. The van der Waals surface area contributed by atoms with E-state index < -0.39 is 0 Å². The van der Waals surface area contributed by atoms with Crippen LogP contribution in [0.3, 0.4) is 0 Å². The monoisotopic (exact) mass is 325 g/mol. The zero-order valence-corrected chi connectivity index (χ0v) is 13.0. The van der Waals surface area contributed by atoms with Gasteiger partial charge in [-0.1, -0.05) is 18.2 Å². The van der Waals surface area contributed by atoms with Crippen LogP contribution in [0.15, 0.2) is 42.6 Å². The van der Waals surface area contributed by atoms with Crippen LogP contribution in [-0.4, -0.2) is 35.0 Å². The summed E-state index contributed by atoms with van der Waals surface area (Å²) in [6.45, 7) is 1.00. The summed E-state index contributed by atoms with van der Waals surface area (Å²) in [5.41, 5.74) is 0.876. The Morgan fingerprint density at radius 3 is 3.04 bits per heavy atom. The summed E-state index contributed by atoms with van der Waals surface area (Å²) in [7, 11) is 0. The molecule has 1 aliphatic rings. The van der Waals surface area contributed by atoms with Gasteiger partial charge in [-0.25, -0.2) is 9.37 Å². The summed E-state index contributed by atoms with van der Waals surface area (Å²) < 4.78 is 19.4. The first-order valence-electron chi connectivity index (χ1n) is 7.69. The molecule has 1 atom stereocenters. The number of carbonyl (C=O) groups is 1. The number of rotatable bonds is 4. The Labute approximate surface area is 139 Å². The van der Waals surface area contributed by atoms with Crippen molar-refractivity contribution >= 4 is 5.91 Å². The number of hydrogen-bond donors (Lipinski definition) is 0. The molecule has 2 aromatic rings. The number of likely N-dealkylation sites (tertiary alicyclic amines) is 1. The van der Waals surface area contributed by atoms with E-state index in [1.807, 2.05) is 6.07 Å². The summed E-state index contributed by atoms with van der Waals surface area (Å²) in [5, 5.41) is 8.88. The quantitative estimate of drug-likeness (QED) is 0.865. The zero-order valence-electron chi connectivity index (χ0n) is 13.0. The number of ether oxygens (including phenoxy) is 1. The molecule has 1 aliphatic heterocycles. The van der Waals surface area contributed by atoms with Crippen molar-refractivity contribution in [2.24, 2.45) is 0 Å². The molecule has 0 spiro atoms. The van der Waals surface area contributed by atoms with Crippen LogP contribution in [0.4, 0.5) is 4.39 Å². The van der Waals surface area contributed by atoms with E-state index in [1.54, 1.807) is 35.2 Å². The molecule has 1 fully saturated rings. The van der Waals surface area contributed by atoms with Gasteiger partial charge in [-0.2, -0.15) is 5.26 Å². The summed E-state index contributed by atoms with van der Waals surface area (Å²) in [6.07, 6.45) is 2.07. The molecule has 1 saturated heterocycles. The van der Waals surface area contributed by atoms with Gasteiger partial charge in [0.2, 0.25) is 11.8 Å². The van der Waals surface area contributed by atoms with Gasteiger partial charge in [-0.05, 0) is 17.7 Å². The normalized spacial score (nSPS) is 16.7. The molecule has 1 aromatic heterocycles. The van der Waals surface area contributed by atoms with E-state index in [0.29, 0.717) is 36.5 Å². The van der Waals surface area contributed by atoms with Crippen molar-refractivity contribution in [2.75, 3.05) is 13.1 Å². The van der Waals surface area contributed by atoms with Crippen molar-refractivity contribution in [1.29, 1.82) is 5.26 Å². The second-order valence-electron chi connectivity index (χ2n) is 5.63. The van der Waals surface area contributed by atoms with Gasteiger partial charge in [0.05, 0.1) is 24.6 Å². The molecule has 0 N–H and O–H groups in total. The van der Waals surface area contributed by atoms with Crippen LogP contribution in [0.5, 0.6) is 5.88 Å². The first-order valence-corrected chi connectivity index (χ1v) is 7.69. The number of halogens is 1. The Morgan fingerprint density at radius 2 is 2.25 bits per heavy atom. The van der Waals surface area contributed by atoms with Gasteiger partial charge in [-0.15, -0.1) is 0 Å². The molecule has 6 heteroatoms. The van der Waals surface area contributed by atoms with Crippen molar-refractivity contribution in [3.63, 3.8) is 0 Å². The van der Waals surface area contributed by atoms with E-state index in [9.17, 15) is 9.18 Å². The van der Waals surface area contributed by atoms with Crippen LogP contribution < -0.4 is 4.74 Å². The second kappa shape index (κ2) is 7.09. The predicted octanol–water partition coefficient (Wildman–Crippen LogP) is 2.31. The molecule has 1 aromatic carbocycles. The molecule has 0 saturated carbocycles. The van der Waals surface area contributed by atoms with E-state index in [-0.39, 0.29) is 24.2 Å². The minimum Gasteiger partial charge on any atom is -0.472 e. The number of nitrogens with zero attached hydrogens (tertiary/aromatic N) is 3. The lowest BCUT2D eigenvalue weighted by molar-refractivity contribution is -0.129. The highest BCUT2D eigenvalue weighted by molar-refractivity contribution is 5.79. The molecule has 122 valence electrons. The van der Waals surface area contributed by atoms with E-state index >= 15 is 0 Å². The van der Waals surface area contributed by atoms with Crippen LogP contribution in [0.1, 0.15) is 17.5 Å². The molecule has 1 unspecified atom stereocenters. The molecule has 24 heavy (non-hydrogen) atoms. The van der Waals surface area contributed by atoms with Crippen LogP contribution in [0.25, 0.3) is 0 Å². The lowest BCUT2D eigenvalue weighted by Gasteiger charge is -2.17. The Kier molecular flexibility index (Phi) is 4.71. The third-order valence-electron chi connectivity index (χ3n) is 3.95. The van der Waals surface area contributed by atoms with Crippen molar-refractivity contribution in [3.8, 4) is 11.9 Å². The largest absolute Gasteiger partial charge is 0.472 e. The molecular formula is C18H16FN3O2. The maximum Gasteiger partial charge on any atom is 0.227 e. The number of amides is 1. The van der Waals surface area contributed by atoms with Crippen LogP contribution in [0, 0.1) is 17.1 Å². The van der Waals surface area contributed by atoms with Crippen molar-refractivity contribution in [1.82, 2.24) is 9.88 Å². The highest BCUT2D eigenvalue weighted by atomic mass is 19.1. The molecule has 2 heterocycles. The minimum absolute atomic E-state index is 0.0432. The van der Waals surface area contributed by atoms with Crippen LogP contribution in [0.2, 0.25) is 0 Å². The lowest BCUT2D eigenvalue weighted by Crippen LogP contribution is -2.32. The van der Waals surface area contributed by atoms with Crippen molar-refractivity contribution < 1.29 is 13.9 Å². The average molecular weight is 325 g/mol. The molecule has 0 aliphatic carbocycles. The first-order chi connectivity index (χ1) is 11.7. The zero-order chi connectivity index (χ0) is 16.9. The fourth-order valence-electron chi connectivity index (χ4n) is 2.68. The minimum atomic E-state index is -0.365. The molecular weight excluding hydrogens is 309 g/mol. The van der Waals surface area contributed by atoms with E-state index in [4.69, 9.17) is 10.00 Å². The van der Waals surface area contributed by atoms with Gasteiger partial charge in [0.25, 0.3) is 0 Å². The Morgan fingerprint density at radius 1 is 1.42 bits per heavy atom. The van der Waals surface area contributed by atoms with Crippen LogP contribution >= 0.6 is 0 Å². The van der Waals surface area contributed by atoms with E-state index in [0.717, 1.165) is 0 Å². The van der Waals surface area contributed by atoms with Gasteiger partial charge >= 0.3 is 0 Å². The smallest absolute Gasteiger partial charge is 0.227 e. The molecule has 0 radical (unpaired) electrons. The number of nitriles is 1. The fourth-order valence-corrected chi connectivity index (χ4v) is 2.68. The molecule has 1 amide bonds. The predicted molar refractivity (Wildman–Crippen MR) is 84.7 cm³/mol. The maximum absolute atomic E-state index is 13.6. The number of hydrogen-bond acceptors (Lipinski definition) is 4. The Hall–Kier alpha value is -2.94. The Bertz CT molecular complexity index is 788. The second-order valence-corrected chi connectivity index (χ2v) is 5.63. The van der Waals surface area contributed by atoms with Gasteiger partial charge in [0, 0.05) is 25.2 Å². The average Bonchev–Trinajstić information content (AvgIpc) is 3.06. The highest BCUT2D eigenvalue weighted by Gasteiger charge is 2.28. The number of aromatic nitrogens is 1. The summed E-state index contributed by atoms with van der Waals surface area (Å²) >= 11 is 0. The summed E-state index contributed by atoms with van der Waals surface area (Å²) in [4.78, 5) is 18.1. The number of benzene rings is 1. The molecule has 5 nitrogen and oxygen atoms in total. The van der Waals surface area contributed by atoms with Gasteiger partial charge in [0.15, 0.2) is 0 Å². The molecule has 3 rings (SSSR count). The Balaban J connectivity index is 1.58.